The van der Waals surface area contributed by atoms with Crippen molar-refractivity contribution in [3.63, 3.8) is 0 Å². The van der Waals surface area contributed by atoms with Crippen molar-refractivity contribution in [2.24, 2.45) is 0 Å². The van der Waals surface area contributed by atoms with Crippen LogP contribution in [-0.2, 0) is 6.42 Å². The summed E-state index contributed by atoms with van der Waals surface area (Å²) >= 11 is 3.72. The summed E-state index contributed by atoms with van der Waals surface area (Å²) in [6.45, 7) is 4.16. The highest BCUT2D eigenvalue weighted by atomic mass is 32.2. The lowest BCUT2D eigenvalue weighted by atomic mass is 10.0. The number of nitrogens with zero attached hydrogens (tertiary/aromatic N) is 1. The van der Waals surface area contributed by atoms with Crippen molar-refractivity contribution in [1.82, 2.24) is 10.3 Å². The van der Waals surface area contributed by atoms with Gasteiger partial charge in [-0.25, -0.2) is 4.98 Å². The highest BCUT2D eigenvalue weighted by molar-refractivity contribution is 7.99. The summed E-state index contributed by atoms with van der Waals surface area (Å²) in [4.78, 5) is 5.95. The Kier molecular flexibility index (Phi) is 4.21. The van der Waals surface area contributed by atoms with Gasteiger partial charge in [-0.1, -0.05) is 18.2 Å². The molecule has 0 aliphatic carbocycles. The molecule has 0 bridgehead atoms. The second-order valence-electron chi connectivity index (χ2n) is 4.86. The number of rotatable bonds is 5. The van der Waals surface area contributed by atoms with Gasteiger partial charge in [0, 0.05) is 41.5 Å². The van der Waals surface area contributed by atoms with Gasteiger partial charge < -0.3 is 5.32 Å². The van der Waals surface area contributed by atoms with E-state index in [9.17, 15) is 0 Å². The number of nitrogens with one attached hydrogen (secondary N) is 1. The Hall–Kier alpha value is -0.840. The first-order valence-electron chi connectivity index (χ1n) is 6.66. The Bertz CT molecular complexity index is 551. The van der Waals surface area contributed by atoms with Gasteiger partial charge in [-0.2, -0.15) is 0 Å². The lowest BCUT2D eigenvalue weighted by Crippen LogP contribution is -2.24. The van der Waals surface area contributed by atoms with E-state index in [1.807, 2.05) is 11.8 Å². The minimum Gasteiger partial charge on any atom is -0.316 e. The SMILES string of the molecule is Cc1nc(CCNCC2CSc3ccccc32)cs1. The van der Waals surface area contributed by atoms with Gasteiger partial charge in [-0.05, 0) is 18.6 Å². The lowest BCUT2D eigenvalue weighted by Gasteiger charge is -2.11. The van der Waals surface area contributed by atoms with E-state index in [2.05, 4.69) is 46.9 Å². The van der Waals surface area contributed by atoms with Crippen LogP contribution in [0.5, 0.6) is 0 Å². The average molecular weight is 290 g/mol. The fourth-order valence-electron chi connectivity index (χ4n) is 2.41. The van der Waals surface area contributed by atoms with E-state index in [-0.39, 0.29) is 0 Å². The molecule has 3 rings (SSSR count). The van der Waals surface area contributed by atoms with Gasteiger partial charge >= 0.3 is 0 Å². The first-order valence-corrected chi connectivity index (χ1v) is 8.53. The van der Waals surface area contributed by atoms with Crippen LogP contribution in [0.2, 0.25) is 0 Å². The van der Waals surface area contributed by atoms with Gasteiger partial charge in [0.05, 0.1) is 10.7 Å². The number of thiazole rings is 1. The topological polar surface area (TPSA) is 24.9 Å². The molecule has 2 heterocycles. The van der Waals surface area contributed by atoms with Crippen LogP contribution in [0, 0.1) is 6.92 Å². The van der Waals surface area contributed by atoms with Gasteiger partial charge in [0.1, 0.15) is 0 Å². The Morgan fingerprint density at radius 3 is 3.11 bits per heavy atom. The maximum absolute atomic E-state index is 4.49. The van der Waals surface area contributed by atoms with Crippen molar-refractivity contribution in [2.75, 3.05) is 18.8 Å². The molecule has 1 atom stereocenters. The van der Waals surface area contributed by atoms with Crippen LogP contribution in [0.15, 0.2) is 34.5 Å². The van der Waals surface area contributed by atoms with Crippen molar-refractivity contribution >= 4 is 23.1 Å². The third kappa shape index (κ3) is 3.19. The second-order valence-corrected chi connectivity index (χ2v) is 6.98. The fraction of sp³-hybridized carbons (Fsp3) is 0.400. The Balaban J connectivity index is 1.46. The highest BCUT2D eigenvalue weighted by Gasteiger charge is 2.21. The number of fused-ring (bicyclic) bond motifs is 1. The summed E-state index contributed by atoms with van der Waals surface area (Å²) < 4.78 is 0. The lowest BCUT2D eigenvalue weighted by molar-refractivity contribution is 0.618. The van der Waals surface area contributed by atoms with Crippen molar-refractivity contribution in [3.05, 3.63) is 45.9 Å². The van der Waals surface area contributed by atoms with Crippen LogP contribution in [0.1, 0.15) is 22.2 Å². The molecule has 2 aromatic rings. The van der Waals surface area contributed by atoms with E-state index < -0.39 is 0 Å². The predicted octanol–water partition coefficient (Wildman–Crippen LogP) is 3.47. The molecule has 100 valence electrons. The molecule has 1 aromatic heterocycles. The fourth-order valence-corrected chi connectivity index (χ4v) is 4.32. The molecular weight excluding hydrogens is 272 g/mol. The van der Waals surface area contributed by atoms with Crippen LogP contribution in [0.3, 0.4) is 0 Å². The van der Waals surface area contributed by atoms with Crippen molar-refractivity contribution in [1.29, 1.82) is 0 Å². The number of hydrogen-bond acceptors (Lipinski definition) is 4. The zero-order valence-corrected chi connectivity index (χ0v) is 12.7. The van der Waals surface area contributed by atoms with Gasteiger partial charge in [-0.15, -0.1) is 23.1 Å². The standard InChI is InChI=1S/C15H18N2S2/c1-11-17-13(10-18-11)6-7-16-8-12-9-19-15-5-3-2-4-14(12)15/h2-5,10,12,16H,6-9H2,1H3. The molecule has 1 aliphatic heterocycles. The second kappa shape index (κ2) is 6.07. The molecule has 0 radical (unpaired) electrons. The van der Waals surface area contributed by atoms with Crippen molar-refractivity contribution in [2.45, 2.75) is 24.2 Å². The number of thioether (sulfide) groups is 1. The summed E-state index contributed by atoms with van der Waals surface area (Å²) in [7, 11) is 0. The zero-order chi connectivity index (χ0) is 13.1. The summed E-state index contributed by atoms with van der Waals surface area (Å²) in [5.74, 6) is 1.88. The van der Waals surface area contributed by atoms with E-state index in [0.717, 1.165) is 24.5 Å². The summed E-state index contributed by atoms with van der Waals surface area (Å²) in [6.07, 6.45) is 1.03. The minimum absolute atomic E-state index is 0.665. The molecule has 19 heavy (non-hydrogen) atoms. The van der Waals surface area contributed by atoms with Gasteiger partial charge in [0.25, 0.3) is 0 Å². The smallest absolute Gasteiger partial charge is 0.0897 e. The van der Waals surface area contributed by atoms with E-state index >= 15 is 0 Å². The normalized spacial score (nSPS) is 17.6. The van der Waals surface area contributed by atoms with E-state index in [4.69, 9.17) is 0 Å². The first-order chi connectivity index (χ1) is 9.33. The van der Waals surface area contributed by atoms with Crippen LogP contribution >= 0.6 is 23.1 Å². The van der Waals surface area contributed by atoms with E-state index in [0.29, 0.717) is 5.92 Å². The van der Waals surface area contributed by atoms with E-state index in [1.165, 1.54) is 21.9 Å². The predicted molar refractivity (Wildman–Crippen MR) is 83.3 cm³/mol. The molecule has 0 spiro atoms. The third-order valence-electron chi connectivity index (χ3n) is 3.41. The zero-order valence-electron chi connectivity index (χ0n) is 11.1. The Morgan fingerprint density at radius 1 is 1.37 bits per heavy atom. The first kappa shape index (κ1) is 13.2. The maximum Gasteiger partial charge on any atom is 0.0897 e. The van der Waals surface area contributed by atoms with E-state index in [1.54, 1.807) is 11.3 Å². The van der Waals surface area contributed by atoms with Crippen LogP contribution < -0.4 is 5.32 Å². The van der Waals surface area contributed by atoms with Crippen LogP contribution in [0.25, 0.3) is 0 Å². The van der Waals surface area contributed by atoms with Crippen LogP contribution in [0.4, 0.5) is 0 Å². The number of aromatic nitrogens is 1. The minimum atomic E-state index is 0.665. The van der Waals surface area contributed by atoms with Crippen molar-refractivity contribution < 1.29 is 0 Å². The van der Waals surface area contributed by atoms with Gasteiger partial charge in [0.15, 0.2) is 0 Å². The quantitative estimate of drug-likeness (QED) is 0.854. The largest absolute Gasteiger partial charge is 0.316 e. The number of hydrogen-bond donors (Lipinski definition) is 1. The van der Waals surface area contributed by atoms with Crippen LogP contribution in [-0.4, -0.2) is 23.8 Å². The molecule has 0 fully saturated rings. The summed E-state index contributed by atoms with van der Waals surface area (Å²) in [5, 5.41) is 6.90. The molecular formula is C15H18N2S2. The number of aryl methyl sites for hydroxylation is 1. The molecule has 0 saturated carbocycles. The average Bonchev–Trinajstić information content (AvgIpc) is 3.02. The molecule has 0 amide bonds. The Labute approximate surface area is 122 Å². The molecule has 1 aromatic carbocycles. The third-order valence-corrected chi connectivity index (χ3v) is 5.49. The van der Waals surface area contributed by atoms with Gasteiger partial charge in [-0.3, -0.25) is 0 Å². The Morgan fingerprint density at radius 2 is 2.26 bits per heavy atom. The monoisotopic (exact) mass is 290 g/mol. The summed E-state index contributed by atoms with van der Waals surface area (Å²) in [5.41, 5.74) is 2.74. The number of benzene rings is 1. The highest BCUT2D eigenvalue weighted by Crippen LogP contribution is 2.38. The maximum atomic E-state index is 4.49. The molecule has 0 saturated heterocycles. The van der Waals surface area contributed by atoms with Crippen molar-refractivity contribution in [3.8, 4) is 0 Å². The summed E-state index contributed by atoms with van der Waals surface area (Å²) in [6, 6.07) is 8.78. The van der Waals surface area contributed by atoms with Gasteiger partial charge in [0.2, 0.25) is 0 Å². The molecule has 1 N–H and O–H groups in total. The molecule has 4 heteroatoms. The molecule has 1 aliphatic rings. The molecule has 1 unspecified atom stereocenters. The molecule has 2 nitrogen and oxygen atoms in total.